The minimum absolute atomic E-state index is 0.0234. The van der Waals surface area contributed by atoms with Gasteiger partial charge in [-0.25, -0.2) is 0 Å². The first kappa shape index (κ1) is 7.25. The molecule has 10 heavy (non-hydrogen) atoms. The zero-order valence-electron chi connectivity index (χ0n) is 6.35. The van der Waals surface area contributed by atoms with Crippen LogP contribution in [0.1, 0.15) is 20.3 Å². The first-order valence-electron chi connectivity index (χ1n) is 3.58. The van der Waals surface area contributed by atoms with Gasteiger partial charge in [0.25, 0.3) is 0 Å². The summed E-state index contributed by atoms with van der Waals surface area (Å²) in [6, 6.07) is 0. The summed E-state index contributed by atoms with van der Waals surface area (Å²) in [7, 11) is 0. The molecule has 0 fully saturated rings. The van der Waals surface area contributed by atoms with E-state index in [4.69, 9.17) is 0 Å². The molecular formula is C7H12N2O. The van der Waals surface area contributed by atoms with Gasteiger partial charge < -0.3 is 5.32 Å². The molecule has 1 atom stereocenters. The van der Waals surface area contributed by atoms with Crippen molar-refractivity contribution in [2.75, 3.05) is 6.54 Å². The van der Waals surface area contributed by atoms with Gasteiger partial charge in [-0.3, -0.25) is 9.79 Å². The molecule has 1 heterocycles. The van der Waals surface area contributed by atoms with Gasteiger partial charge in [0.1, 0.15) is 12.4 Å². The van der Waals surface area contributed by atoms with Crippen LogP contribution in [0, 0.1) is 5.92 Å². The van der Waals surface area contributed by atoms with E-state index in [9.17, 15) is 4.79 Å². The molecule has 0 aliphatic carbocycles. The molecule has 0 radical (unpaired) electrons. The van der Waals surface area contributed by atoms with Crippen molar-refractivity contribution in [3.63, 3.8) is 0 Å². The molecule has 1 aliphatic heterocycles. The monoisotopic (exact) mass is 140 g/mol. The van der Waals surface area contributed by atoms with Gasteiger partial charge in [-0.2, -0.15) is 0 Å². The van der Waals surface area contributed by atoms with Gasteiger partial charge in [-0.05, 0) is 6.42 Å². The van der Waals surface area contributed by atoms with Crippen molar-refractivity contribution in [3.05, 3.63) is 0 Å². The number of rotatable bonds is 2. The Labute approximate surface area is 60.5 Å². The van der Waals surface area contributed by atoms with Gasteiger partial charge in [-0.15, -0.1) is 0 Å². The van der Waals surface area contributed by atoms with Crippen LogP contribution in [-0.4, -0.2) is 18.3 Å². The quantitative estimate of drug-likeness (QED) is 0.598. The number of nitrogens with zero attached hydrogens (tertiary/aromatic N) is 1. The summed E-state index contributed by atoms with van der Waals surface area (Å²) in [6.45, 7) is 4.46. The molecule has 1 aliphatic rings. The predicted molar refractivity (Wildman–Crippen MR) is 39.9 cm³/mol. The molecule has 0 aromatic carbocycles. The highest BCUT2D eigenvalue weighted by Gasteiger charge is 2.16. The Morgan fingerprint density at radius 3 is 2.90 bits per heavy atom. The van der Waals surface area contributed by atoms with Gasteiger partial charge in [0.15, 0.2) is 0 Å². The van der Waals surface area contributed by atoms with Crippen LogP contribution in [0.2, 0.25) is 0 Å². The van der Waals surface area contributed by atoms with E-state index < -0.39 is 0 Å². The van der Waals surface area contributed by atoms with Crippen LogP contribution < -0.4 is 5.32 Å². The SMILES string of the molecule is CCC(C)C1=NCC(=O)N1. The van der Waals surface area contributed by atoms with Crippen LogP contribution in [0.15, 0.2) is 4.99 Å². The minimum Gasteiger partial charge on any atom is -0.313 e. The molecule has 0 aromatic heterocycles. The average molecular weight is 140 g/mol. The standard InChI is InChI=1S/C7H12N2O/c1-3-5(2)7-8-4-6(10)9-7/h5H,3-4H2,1-2H3,(H,8,9,10). The molecule has 0 spiro atoms. The highest BCUT2D eigenvalue weighted by Crippen LogP contribution is 2.04. The van der Waals surface area contributed by atoms with Crippen LogP contribution in [-0.2, 0) is 4.79 Å². The second kappa shape index (κ2) is 2.82. The first-order chi connectivity index (χ1) is 4.74. The first-order valence-corrected chi connectivity index (χ1v) is 3.58. The number of nitrogens with one attached hydrogen (secondary N) is 1. The van der Waals surface area contributed by atoms with Crippen LogP contribution in [0.5, 0.6) is 0 Å². The fraction of sp³-hybridized carbons (Fsp3) is 0.714. The topological polar surface area (TPSA) is 41.5 Å². The largest absolute Gasteiger partial charge is 0.313 e. The zero-order valence-corrected chi connectivity index (χ0v) is 6.35. The number of amides is 1. The molecule has 0 bridgehead atoms. The third kappa shape index (κ3) is 1.35. The molecule has 1 N–H and O–H groups in total. The van der Waals surface area contributed by atoms with Crippen molar-refractivity contribution in [2.45, 2.75) is 20.3 Å². The average Bonchev–Trinajstić information content (AvgIpc) is 2.34. The van der Waals surface area contributed by atoms with Crippen molar-refractivity contribution in [1.29, 1.82) is 0 Å². The maximum atomic E-state index is 10.6. The fourth-order valence-electron chi connectivity index (χ4n) is 0.851. The molecule has 56 valence electrons. The number of carbonyl (C=O) groups is 1. The van der Waals surface area contributed by atoms with Crippen molar-refractivity contribution in [2.24, 2.45) is 10.9 Å². The molecule has 3 nitrogen and oxygen atoms in total. The molecule has 0 saturated heterocycles. The number of hydrogen-bond donors (Lipinski definition) is 1. The molecular weight excluding hydrogens is 128 g/mol. The molecule has 1 unspecified atom stereocenters. The maximum absolute atomic E-state index is 10.6. The fourth-order valence-corrected chi connectivity index (χ4v) is 0.851. The van der Waals surface area contributed by atoms with Crippen LogP contribution in [0.4, 0.5) is 0 Å². The van der Waals surface area contributed by atoms with E-state index in [-0.39, 0.29) is 5.91 Å². The van der Waals surface area contributed by atoms with Gasteiger partial charge in [0.05, 0.1) is 0 Å². The Morgan fingerprint density at radius 2 is 2.50 bits per heavy atom. The predicted octanol–water partition coefficient (Wildman–Crippen LogP) is 0.561. The highest BCUT2D eigenvalue weighted by atomic mass is 16.2. The van der Waals surface area contributed by atoms with E-state index >= 15 is 0 Å². The normalized spacial score (nSPS) is 20.2. The lowest BCUT2D eigenvalue weighted by Gasteiger charge is -2.06. The van der Waals surface area contributed by atoms with Crippen molar-refractivity contribution in [1.82, 2.24) is 5.32 Å². The zero-order chi connectivity index (χ0) is 7.56. The third-order valence-corrected chi connectivity index (χ3v) is 1.74. The molecule has 0 saturated carbocycles. The second-order valence-electron chi connectivity index (χ2n) is 2.56. The summed E-state index contributed by atoms with van der Waals surface area (Å²) in [5.74, 6) is 1.27. The van der Waals surface area contributed by atoms with Gasteiger partial charge in [-0.1, -0.05) is 13.8 Å². The number of aliphatic imine (C=N–C) groups is 1. The maximum Gasteiger partial charge on any atom is 0.247 e. The Bertz CT molecular complexity index is 174. The minimum atomic E-state index is 0.0234. The lowest BCUT2D eigenvalue weighted by molar-refractivity contribution is -0.117. The van der Waals surface area contributed by atoms with Crippen LogP contribution in [0.3, 0.4) is 0 Å². The summed E-state index contributed by atoms with van der Waals surface area (Å²) in [5, 5.41) is 2.72. The number of hydrogen-bond acceptors (Lipinski definition) is 2. The summed E-state index contributed by atoms with van der Waals surface area (Å²) in [4.78, 5) is 14.7. The molecule has 3 heteroatoms. The van der Waals surface area contributed by atoms with Crippen molar-refractivity contribution < 1.29 is 4.79 Å². The molecule has 0 aromatic rings. The Kier molecular flexibility index (Phi) is 2.04. The number of amidine groups is 1. The van der Waals surface area contributed by atoms with Crippen molar-refractivity contribution in [3.8, 4) is 0 Å². The third-order valence-electron chi connectivity index (χ3n) is 1.74. The Hall–Kier alpha value is -0.860. The van der Waals surface area contributed by atoms with Crippen LogP contribution in [0.25, 0.3) is 0 Å². The Morgan fingerprint density at radius 1 is 1.80 bits per heavy atom. The van der Waals surface area contributed by atoms with E-state index in [0.29, 0.717) is 12.5 Å². The lowest BCUT2D eigenvalue weighted by Crippen LogP contribution is -2.28. The van der Waals surface area contributed by atoms with E-state index in [1.165, 1.54) is 0 Å². The smallest absolute Gasteiger partial charge is 0.247 e. The highest BCUT2D eigenvalue weighted by molar-refractivity contribution is 6.04. The Balaban J connectivity index is 2.50. The van der Waals surface area contributed by atoms with Crippen LogP contribution >= 0.6 is 0 Å². The molecule has 1 rings (SSSR count). The summed E-state index contributed by atoms with van der Waals surface area (Å²) < 4.78 is 0. The van der Waals surface area contributed by atoms with E-state index in [1.807, 2.05) is 0 Å². The summed E-state index contributed by atoms with van der Waals surface area (Å²) in [5.41, 5.74) is 0. The van der Waals surface area contributed by atoms with Gasteiger partial charge in [0, 0.05) is 5.92 Å². The van der Waals surface area contributed by atoms with E-state index in [0.717, 1.165) is 12.3 Å². The van der Waals surface area contributed by atoms with E-state index in [1.54, 1.807) is 0 Å². The second-order valence-corrected chi connectivity index (χ2v) is 2.56. The number of carbonyl (C=O) groups excluding carboxylic acids is 1. The van der Waals surface area contributed by atoms with Gasteiger partial charge in [0.2, 0.25) is 5.91 Å². The lowest BCUT2D eigenvalue weighted by atomic mass is 10.1. The molecule has 1 amide bonds. The van der Waals surface area contributed by atoms with Crippen molar-refractivity contribution >= 4 is 11.7 Å². The van der Waals surface area contributed by atoms with Gasteiger partial charge >= 0.3 is 0 Å². The summed E-state index contributed by atoms with van der Waals surface area (Å²) in [6.07, 6.45) is 1.03. The van der Waals surface area contributed by atoms with E-state index in [2.05, 4.69) is 24.2 Å². The summed E-state index contributed by atoms with van der Waals surface area (Å²) >= 11 is 0.